The number of hydrogen-bond acceptors (Lipinski definition) is 3. The first kappa shape index (κ1) is 18.4. The summed E-state index contributed by atoms with van der Waals surface area (Å²) in [6, 6.07) is 16.9. The minimum absolute atomic E-state index is 0.103. The Balaban J connectivity index is 1.59. The molecule has 0 unspecified atom stereocenters. The molecule has 0 fully saturated rings. The van der Waals surface area contributed by atoms with Crippen molar-refractivity contribution in [3.63, 3.8) is 0 Å². The van der Waals surface area contributed by atoms with Gasteiger partial charge in [-0.25, -0.2) is 0 Å². The van der Waals surface area contributed by atoms with Crippen molar-refractivity contribution in [2.75, 3.05) is 6.54 Å². The number of aromatic nitrogens is 2. The molecule has 0 aliphatic heterocycles. The average Bonchev–Trinajstić information content (AvgIpc) is 3.17. The maximum absolute atomic E-state index is 12.3. The molecular weight excluding hydrogens is 340 g/mol. The lowest BCUT2D eigenvalue weighted by Crippen LogP contribution is -2.24. The number of aryl methyl sites for hydroxylation is 1. The number of nitrogens with one attached hydrogen (secondary N) is 3. The molecule has 0 atom stereocenters. The highest BCUT2D eigenvalue weighted by Gasteiger charge is 2.11. The van der Waals surface area contributed by atoms with Crippen molar-refractivity contribution in [1.82, 2.24) is 20.8 Å². The Morgan fingerprint density at radius 2 is 1.67 bits per heavy atom. The van der Waals surface area contributed by atoms with E-state index in [-0.39, 0.29) is 11.8 Å². The van der Waals surface area contributed by atoms with Crippen LogP contribution in [0.4, 0.5) is 0 Å². The molecule has 0 bridgehead atoms. The number of aromatic amines is 1. The summed E-state index contributed by atoms with van der Waals surface area (Å²) in [6.45, 7) is 4.86. The maximum atomic E-state index is 12.3. The summed E-state index contributed by atoms with van der Waals surface area (Å²) < 4.78 is 0. The number of amides is 2. The predicted octanol–water partition coefficient (Wildman–Crippen LogP) is 3.06. The molecule has 2 aromatic carbocycles. The van der Waals surface area contributed by atoms with Gasteiger partial charge < -0.3 is 10.6 Å². The minimum atomic E-state index is -0.228. The first-order valence-electron chi connectivity index (χ1n) is 8.84. The molecule has 0 radical (unpaired) electrons. The average molecular weight is 362 g/mol. The van der Waals surface area contributed by atoms with E-state index in [4.69, 9.17) is 0 Å². The molecule has 0 saturated heterocycles. The molecule has 3 rings (SSSR count). The van der Waals surface area contributed by atoms with Crippen LogP contribution >= 0.6 is 0 Å². The van der Waals surface area contributed by atoms with Gasteiger partial charge in [-0.2, -0.15) is 5.10 Å². The SMILES string of the molecule is CCNC(=O)c1ccc(CNC(=O)c2cc(-c3ccc(C)cc3)n[nH]2)cc1. The van der Waals surface area contributed by atoms with Gasteiger partial charge in [-0.3, -0.25) is 14.7 Å². The highest BCUT2D eigenvalue weighted by atomic mass is 16.2. The fourth-order valence-corrected chi connectivity index (χ4v) is 2.62. The van der Waals surface area contributed by atoms with E-state index in [0.29, 0.717) is 24.3 Å². The van der Waals surface area contributed by atoms with Crippen molar-refractivity contribution in [3.05, 3.63) is 77.0 Å². The second-order valence-electron chi connectivity index (χ2n) is 6.27. The standard InChI is InChI=1S/C21H22N4O2/c1-3-22-20(26)17-10-6-15(7-11-17)13-23-21(27)19-12-18(24-25-19)16-8-4-14(2)5-9-16/h4-12H,3,13H2,1-2H3,(H,22,26)(H,23,27)(H,24,25). The van der Waals surface area contributed by atoms with E-state index in [1.807, 2.05) is 50.2 Å². The Hall–Kier alpha value is -3.41. The molecule has 2 amide bonds. The fraction of sp³-hybridized carbons (Fsp3) is 0.190. The second-order valence-corrected chi connectivity index (χ2v) is 6.27. The Kier molecular flexibility index (Phi) is 5.66. The van der Waals surface area contributed by atoms with Gasteiger partial charge in [0.25, 0.3) is 11.8 Å². The second kappa shape index (κ2) is 8.31. The van der Waals surface area contributed by atoms with E-state index < -0.39 is 0 Å². The molecule has 6 nitrogen and oxygen atoms in total. The zero-order valence-electron chi connectivity index (χ0n) is 15.4. The van der Waals surface area contributed by atoms with E-state index in [2.05, 4.69) is 20.8 Å². The van der Waals surface area contributed by atoms with Crippen LogP contribution in [-0.4, -0.2) is 28.6 Å². The highest BCUT2D eigenvalue weighted by Crippen LogP contribution is 2.18. The molecule has 0 spiro atoms. The van der Waals surface area contributed by atoms with Gasteiger partial charge in [-0.1, -0.05) is 42.0 Å². The van der Waals surface area contributed by atoms with Crippen LogP contribution in [0.3, 0.4) is 0 Å². The quantitative estimate of drug-likeness (QED) is 0.630. The molecule has 3 aromatic rings. The largest absolute Gasteiger partial charge is 0.352 e. The number of carbonyl (C=O) groups excluding carboxylic acids is 2. The van der Waals surface area contributed by atoms with E-state index in [1.54, 1.807) is 18.2 Å². The van der Waals surface area contributed by atoms with Crippen LogP contribution in [0.5, 0.6) is 0 Å². The summed E-state index contributed by atoms with van der Waals surface area (Å²) in [7, 11) is 0. The molecule has 27 heavy (non-hydrogen) atoms. The number of benzene rings is 2. The summed E-state index contributed by atoms with van der Waals surface area (Å²) in [4.78, 5) is 24.1. The summed E-state index contributed by atoms with van der Waals surface area (Å²) in [5.41, 5.74) is 4.77. The Labute approximate surface area is 158 Å². The molecule has 0 aliphatic carbocycles. The normalized spacial score (nSPS) is 10.4. The maximum Gasteiger partial charge on any atom is 0.269 e. The lowest BCUT2D eigenvalue weighted by Gasteiger charge is -2.06. The van der Waals surface area contributed by atoms with Crippen LogP contribution in [0.25, 0.3) is 11.3 Å². The molecule has 138 valence electrons. The topological polar surface area (TPSA) is 86.9 Å². The van der Waals surface area contributed by atoms with Gasteiger partial charge in [-0.05, 0) is 37.6 Å². The Morgan fingerprint density at radius 1 is 0.963 bits per heavy atom. The molecular formula is C21H22N4O2. The molecule has 3 N–H and O–H groups in total. The van der Waals surface area contributed by atoms with Crippen LogP contribution in [0, 0.1) is 6.92 Å². The first-order chi connectivity index (χ1) is 13.1. The van der Waals surface area contributed by atoms with Crippen LogP contribution in [0.1, 0.15) is 38.9 Å². The van der Waals surface area contributed by atoms with Crippen LogP contribution < -0.4 is 10.6 Å². The van der Waals surface area contributed by atoms with Crippen molar-refractivity contribution in [3.8, 4) is 11.3 Å². The van der Waals surface area contributed by atoms with Crippen LogP contribution in [0.15, 0.2) is 54.6 Å². The number of nitrogens with zero attached hydrogens (tertiary/aromatic N) is 1. The fourth-order valence-electron chi connectivity index (χ4n) is 2.62. The van der Waals surface area contributed by atoms with E-state index in [9.17, 15) is 9.59 Å². The van der Waals surface area contributed by atoms with E-state index >= 15 is 0 Å². The Bertz CT molecular complexity index is 928. The van der Waals surface area contributed by atoms with Gasteiger partial charge in [0, 0.05) is 24.2 Å². The van der Waals surface area contributed by atoms with Gasteiger partial charge in [-0.15, -0.1) is 0 Å². The van der Waals surface area contributed by atoms with Crippen molar-refractivity contribution in [2.24, 2.45) is 0 Å². The van der Waals surface area contributed by atoms with Crippen molar-refractivity contribution in [1.29, 1.82) is 0 Å². The molecule has 1 heterocycles. The van der Waals surface area contributed by atoms with Gasteiger partial charge in [0.1, 0.15) is 5.69 Å². The molecule has 1 aromatic heterocycles. The number of rotatable bonds is 6. The summed E-state index contributed by atoms with van der Waals surface area (Å²) in [5.74, 6) is -0.331. The van der Waals surface area contributed by atoms with Crippen molar-refractivity contribution >= 4 is 11.8 Å². The monoisotopic (exact) mass is 362 g/mol. The number of carbonyl (C=O) groups is 2. The van der Waals surface area contributed by atoms with Crippen LogP contribution in [0.2, 0.25) is 0 Å². The molecule has 0 aliphatic rings. The van der Waals surface area contributed by atoms with Gasteiger partial charge in [0.05, 0.1) is 5.69 Å². The third-order valence-electron chi connectivity index (χ3n) is 4.18. The van der Waals surface area contributed by atoms with Gasteiger partial charge >= 0.3 is 0 Å². The predicted molar refractivity (Wildman–Crippen MR) is 104 cm³/mol. The highest BCUT2D eigenvalue weighted by molar-refractivity contribution is 5.94. The lowest BCUT2D eigenvalue weighted by molar-refractivity contribution is 0.0940. The lowest BCUT2D eigenvalue weighted by atomic mass is 10.1. The van der Waals surface area contributed by atoms with Gasteiger partial charge in [0.2, 0.25) is 0 Å². The Morgan fingerprint density at radius 3 is 2.33 bits per heavy atom. The van der Waals surface area contributed by atoms with Gasteiger partial charge in [0.15, 0.2) is 0 Å². The summed E-state index contributed by atoms with van der Waals surface area (Å²) in [5, 5.41) is 12.6. The zero-order valence-corrected chi connectivity index (χ0v) is 15.4. The summed E-state index contributed by atoms with van der Waals surface area (Å²) in [6.07, 6.45) is 0. The summed E-state index contributed by atoms with van der Waals surface area (Å²) >= 11 is 0. The zero-order chi connectivity index (χ0) is 19.2. The number of H-pyrrole nitrogens is 1. The number of hydrogen-bond donors (Lipinski definition) is 3. The first-order valence-corrected chi connectivity index (χ1v) is 8.84. The molecule has 0 saturated carbocycles. The molecule has 6 heteroatoms. The van der Waals surface area contributed by atoms with E-state index in [0.717, 1.165) is 16.8 Å². The smallest absolute Gasteiger partial charge is 0.269 e. The minimum Gasteiger partial charge on any atom is -0.352 e. The van der Waals surface area contributed by atoms with E-state index in [1.165, 1.54) is 5.56 Å². The third kappa shape index (κ3) is 4.61. The van der Waals surface area contributed by atoms with Crippen molar-refractivity contribution < 1.29 is 9.59 Å². The third-order valence-corrected chi connectivity index (χ3v) is 4.18. The van der Waals surface area contributed by atoms with Crippen LogP contribution in [-0.2, 0) is 6.54 Å². The van der Waals surface area contributed by atoms with Crippen molar-refractivity contribution in [2.45, 2.75) is 20.4 Å².